The van der Waals surface area contributed by atoms with Gasteiger partial charge < -0.3 is 14.6 Å². The van der Waals surface area contributed by atoms with Gasteiger partial charge in [-0.15, -0.1) is 0 Å². The molecule has 0 bridgehead atoms. The van der Waals surface area contributed by atoms with Crippen molar-refractivity contribution in [1.82, 2.24) is 9.78 Å². The molecule has 0 spiro atoms. The van der Waals surface area contributed by atoms with Gasteiger partial charge in [0.25, 0.3) is 5.82 Å². The molecule has 8 nitrogen and oxygen atoms in total. The molecule has 0 saturated heterocycles. The number of nitrogen functional groups attached to an aromatic ring is 1. The molecule has 0 aliphatic heterocycles. The number of carboxylic acid groups (broad SMARTS) is 1. The number of esters is 1. The minimum atomic E-state index is -1.30. The summed E-state index contributed by atoms with van der Waals surface area (Å²) >= 11 is 12.0. The largest absolute Gasteiger partial charge is 0.543 e. The molecule has 0 unspecified atom stereocenters. The van der Waals surface area contributed by atoms with Crippen LogP contribution in [0, 0.1) is 0 Å². The number of carbonyl (C=O) groups is 2. The number of fused-ring (bicyclic) bond motifs is 1. The number of carbonyl (C=O) groups excluding carboxylic acids is 2. The lowest BCUT2D eigenvalue weighted by molar-refractivity contribution is -0.360. The number of hydrogen-bond acceptors (Lipinski definition) is 6. The maximum Gasteiger partial charge on any atom is 0.302 e. The number of hydrogen-bond donors (Lipinski definition) is 1. The number of ether oxygens (including phenoxy) is 1. The number of pyridine rings is 1. The third-order valence-corrected chi connectivity index (χ3v) is 4.85. The fraction of sp³-hybridized carbons (Fsp3) is 0.167. The summed E-state index contributed by atoms with van der Waals surface area (Å²) in [7, 11) is 0. The lowest BCUT2D eigenvalue weighted by atomic mass is 10.2. The van der Waals surface area contributed by atoms with Gasteiger partial charge in [-0.25, -0.2) is 4.98 Å². The summed E-state index contributed by atoms with van der Waals surface area (Å²) in [6, 6.07) is 17.8. The van der Waals surface area contributed by atoms with Crippen LogP contribution in [0.1, 0.15) is 29.9 Å². The molecule has 2 aromatic carbocycles. The Morgan fingerprint density at radius 1 is 1.12 bits per heavy atom. The van der Waals surface area contributed by atoms with Crippen molar-refractivity contribution in [2.45, 2.75) is 20.4 Å². The first-order chi connectivity index (χ1) is 16.2. The predicted molar refractivity (Wildman–Crippen MR) is 129 cm³/mol. The summed E-state index contributed by atoms with van der Waals surface area (Å²) in [6.07, 6.45) is 1.79. The van der Waals surface area contributed by atoms with Gasteiger partial charge in [0.1, 0.15) is 5.69 Å². The Morgan fingerprint density at radius 2 is 1.82 bits per heavy atom. The topological polar surface area (TPSA) is 124 Å². The van der Waals surface area contributed by atoms with Gasteiger partial charge >= 0.3 is 5.97 Å². The van der Waals surface area contributed by atoms with Crippen LogP contribution in [0.25, 0.3) is 10.9 Å². The van der Waals surface area contributed by atoms with E-state index in [0.29, 0.717) is 39.9 Å². The first kappa shape index (κ1) is 26.6. The molecule has 0 amide bonds. The van der Waals surface area contributed by atoms with Crippen LogP contribution in [0.4, 0.5) is 5.82 Å². The van der Waals surface area contributed by atoms with Gasteiger partial charge in [0.05, 0.1) is 30.8 Å². The first-order valence-electron chi connectivity index (χ1n) is 10.2. The van der Waals surface area contributed by atoms with Crippen molar-refractivity contribution in [1.29, 1.82) is 0 Å². The number of anilines is 1. The van der Waals surface area contributed by atoms with Crippen LogP contribution in [0.3, 0.4) is 0 Å². The smallest absolute Gasteiger partial charge is 0.302 e. The van der Waals surface area contributed by atoms with Crippen molar-refractivity contribution in [3.8, 4) is 0 Å². The zero-order chi connectivity index (χ0) is 25.1. The lowest BCUT2D eigenvalue weighted by Crippen LogP contribution is -2.23. The molecule has 178 valence electrons. The van der Waals surface area contributed by atoms with Crippen molar-refractivity contribution < 1.29 is 24.4 Å². The van der Waals surface area contributed by atoms with Gasteiger partial charge in [-0.05, 0) is 36.8 Å². The van der Waals surface area contributed by atoms with Crippen LogP contribution in [0.2, 0.25) is 10.0 Å². The van der Waals surface area contributed by atoms with E-state index in [1.54, 1.807) is 60.3 Å². The maximum atomic E-state index is 11.2. The molecule has 0 radical (unpaired) electrons. The summed E-state index contributed by atoms with van der Waals surface area (Å²) in [5.41, 5.74) is 6.74. The Kier molecular flexibility index (Phi) is 10.3. The van der Waals surface area contributed by atoms with Crippen LogP contribution in [0.5, 0.6) is 0 Å². The molecule has 4 aromatic rings. The fourth-order valence-electron chi connectivity index (χ4n) is 2.82. The van der Waals surface area contributed by atoms with E-state index in [0.717, 1.165) is 5.56 Å². The van der Waals surface area contributed by atoms with Crippen molar-refractivity contribution in [2.24, 2.45) is 0 Å². The Morgan fingerprint density at radius 3 is 2.32 bits per heavy atom. The van der Waals surface area contributed by atoms with Crippen molar-refractivity contribution in [3.63, 3.8) is 0 Å². The second kappa shape index (κ2) is 13.2. The number of aromatic amines is 1. The highest BCUT2D eigenvalue weighted by molar-refractivity contribution is 6.35. The number of nitrogens with two attached hydrogens (primary N) is 1. The molecule has 0 aliphatic carbocycles. The average molecular weight is 503 g/mol. The van der Waals surface area contributed by atoms with Crippen molar-refractivity contribution >= 4 is 51.9 Å². The Bertz CT molecular complexity index is 1250. The predicted octanol–water partition coefficient (Wildman–Crippen LogP) is 3.41. The van der Waals surface area contributed by atoms with Gasteiger partial charge in [-0.1, -0.05) is 53.5 Å². The quantitative estimate of drug-likeness (QED) is 0.426. The van der Waals surface area contributed by atoms with E-state index >= 15 is 0 Å². The summed E-state index contributed by atoms with van der Waals surface area (Å²) < 4.78 is 6.00. The monoisotopic (exact) mass is 502 g/mol. The third-order valence-electron chi connectivity index (χ3n) is 4.27. The normalized spacial score (nSPS) is 9.88. The van der Waals surface area contributed by atoms with Crippen LogP contribution >= 0.6 is 23.2 Å². The average Bonchev–Trinajstić information content (AvgIpc) is 3.16. The molecule has 0 saturated carbocycles. The maximum absolute atomic E-state index is 11.2. The molecule has 10 heteroatoms. The molecule has 2 aromatic heterocycles. The second-order valence-electron chi connectivity index (χ2n) is 6.79. The van der Waals surface area contributed by atoms with E-state index in [1.807, 2.05) is 18.2 Å². The zero-order valence-electron chi connectivity index (χ0n) is 18.6. The number of rotatable bonds is 4. The number of aromatic nitrogens is 3. The molecule has 3 N–H and O–H groups in total. The minimum Gasteiger partial charge on any atom is -0.543 e. The number of benzene rings is 2. The number of aromatic carboxylic acids is 1. The molecule has 0 aliphatic rings. The molecule has 0 fully saturated rings. The van der Waals surface area contributed by atoms with E-state index < -0.39 is 5.97 Å². The third kappa shape index (κ3) is 8.06. The van der Waals surface area contributed by atoms with Gasteiger partial charge in [0.15, 0.2) is 0 Å². The Hall–Kier alpha value is -3.62. The van der Waals surface area contributed by atoms with E-state index in [1.165, 1.54) is 6.92 Å². The van der Waals surface area contributed by atoms with Crippen molar-refractivity contribution in [2.75, 3.05) is 12.3 Å². The van der Waals surface area contributed by atoms with Crippen LogP contribution in [0.15, 0.2) is 66.9 Å². The molecule has 4 rings (SSSR count). The number of carboxylic acids is 1. The summed E-state index contributed by atoms with van der Waals surface area (Å²) in [4.78, 5) is 23.8. The second-order valence-corrected chi connectivity index (χ2v) is 7.63. The van der Waals surface area contributed by atoms with Gasteiger partial charge in [0, 0.05) is 28.4 Å². The number of nitrogens with zero attached hydrogens (tertiary/aromatic N) is 2. The van der Waals surface area contributed by atoms with Crippen LogP contribution in [-0.2, 0) is 16.1 Å². The van der Waals surface area contributed by atoms with E-state index in [-0.39, 0.29) is 11.7 Å². The van der Waals surface area contributed by atoms with E-state index in [4.69, 9.17) is 28.9 Å². The van der Waals surface area contributed by atoms with Gasteiger partial charge in [0.2, 0.25) is 0 Å². The highest BCUT2D eigenvalue weighted by Gasteiger charge is 2.12. The minimum absolute atomic E-state index is 0.0734. The van der Waals surface area contributed by atoms with Crippen LogP contribution in [-0.4, -0.2) is 28.3 Å². The molecule has 2 heterocycles. The first-order valence-corrected chi connectivity index (χ1v) is 10.9. The SMILES string of the molecule is CCOC(C)=O.Nc1cccc[nH+]1.O=C([O-])c1nn(Cc2ccc(Cl)cc2Cl)c2ccccc12. The Balaban J connectivity index is 0.000000257. The zero-order valence-corrected chi connectivity index (χ0v) is 20.1. The summed E-state index contributed by atoms with van der Waals surface area (Å²) in [5, 5.41) is 16.9. The number of para-hydroxylation sites is 1. The standard InChI is InChI=1S/C15H10Cl2N2O2.C5H6N2.C4H8O2/c16-10-6-5-9(12(17)7-10)8-19-13-4-2-1-3-11(13)14(18-19)15(20)21;6-5-3-1-2-4-7-5;1-3-6-4(2)5/h1-7H,8H2,(H,20,21);1-4H,(H2,6,7);3H2,1-2H3. The van der Waals surface area contributed by atoms with Crippen LogP contribution < -0.4 is 15.8 Å². The highest BCUT2D eigenvalue weighted by Crippen LogP contribution is 2.24. The summed E-state index contributed by atoms with van der Waals surface area (Å²) in [6.45, 7) is 4.00. The fourth-order valence-corrected chi connectivity index (χ4v) is 3.29. The molecule has 34 heavy (non-hydrogen) atoms. The van der Waals surface area contributed by atoms with E-state index in [2.05, 4.69) is 14.8 Å². The Labute approximate surface area is 206 Å². The van der Waals surface area contributed by atoms with Gasteiger partial charge in [-0.3, -0.25) is 15.2 Å². The lowest BCUT2D eigenvalue weighted by Gasteiger charge is -2.06. The number of H-pyrrole nitrogens is 1. The summed E-state index contributed by atoms with van der Waals surface area (Å²) in [5.74, 6) is -0.813. The van der Waals surface area contributed by atoms with Gasteiger partial charge in [-0.2, -0.15) is 5.10 Å². The number of halogens is 2. The molecular formula is C24H24Cl2N4O4. The molecule has 0 atom stereocenters. The highest BCUT2D eigenvalue weighted by atomic mass is 35.5. The van der Waals surface area contributed by atoms with Crippen molar-refractivity contribution in [3.05, 3.63) is 88.2 Å². The molecular weight excluding hydrogens is 479 g/mol. The van der Waals surface area contributed by atoms with E-state index in [9.17, 15) is 14.7 Å². The number of nitrogens with one attached hydrogen (secondary N) is 1.